The molecule has 1 aromatic rings. The van der Waals surface area contributed by atoms with E-state index in [4.69, 9.17) is 21.3 Å². The Morgan fingerprint density at radius 1 is 0.750 bits per heavy atom. The van der Waals surface area contributed by atoms with Crippen molar-refractivity contribution in [3.63, 3.8) is 0 Å². The van der Waals surface area contributed by atoms with E-state index in [1.54, 1.807) is 12.1 Å². The number of unbranched alkanes of at least 4 members (excludes halogenated alkanes) is 8. The number of amides is 3. The predicted octanol–water partition coefficient (Wildman–Crippen LogP) is 2.66. The van der Waals surface area contributed by atoms with Gasteiger partial charge in [0.25, 0.3) is 0 Å². The summed E-state index contributed by atoms with van der Waals surface area (Å²) in [5.41, 5.74) is 11.6. The van der Waals surface area contributed by atoms with E-state index in [9.17, 15) is 33.9 Å². The summed E-state index contributed by atoms with van der Waals surface area (Å²) in [4.78, 5) is 69.7. The molecule has 0 aromatic heterocycles. The van der Waals surface area contributed by atoms with Gasteiger partial charge in [0, 0.05) is 25.9 Å². The third-order valence-electron chi connectivity index (χ3n) is 7.73. The van der Waals surface area contributed by atoms with Gasteiger partial charge in [-0.2, -0.15) is 0 Å². The minimum Gasteiger partial charge on any atom is -0.494 e. The van der Waals surface area contributed by atoms with E-state index in [0.29, 0.717) is 70.3 Å². The maximum Gasteiger partial charge on any atom is 0.335 e. The van der Waals surface area contributed by atoms with Gasteiger partial charge in [0.15, 0.2) is 0 Å². The van der Waals surface area contributed by atoms with Gasteiger partial charge in [-0.3, -0.25) is 14.4 Å². The van der Waals surface area contributed by atoms with Crippen molar-refractivity contribution in [2.24, 2.45) is 11.5 Å². The first-order valence-electron chi connectivity index (χ1n) is 17.0. The fourth-order valence-corrected chi connectivity index (χ4v) is 4.83. The lowest BCUT2D eigenvalue weighted by Gasteiger charge is -2.15. The van der Waals surface area contributed by atoms with Crippen molar-refractivity contribution in [1.82, 2.24) is 16.0 Å². The molecule has 48 heavy (non-hydrogen) atoms. The molecule has 3 atom stereocenters. The molecule has 1 aromatic carbocycles. The van der Waals surface area contributed by atoms with Crippen LogP contribution in [0.3, 0.4) is 0 Å². The van der Waals surface area contributed by atoms with E-state index in [-0.39, 0.29) is 42.5 Å². The Balaban J connectivity index is 2.07. The molecular formula is C34H55N5O9. The summed E-state index contributed by atoms with van der Waals surface area (Å²) < 4.78 is 5.61. The van der Waals surface area contributed by atoms with E-state index in [0.717, 1.165) is 44.9 Å². The molecule has 0 aliphatic heterocycles. The SMILES string of the molecule is N[C@H](C=O)CCCCNC(=O)[C@@H](N)CCCCNC(=O)CC[C@H](NC(=O)CCCCCCCCCOc1cccc(C(=O)O)c1)C(=O)O. The summed E-state index contributed by atoms with van der Waals surface area (Å²) in [7, 11) is 0. The first kappa shape index (κ1) is 42.0. The van der Waals surface area contributed by atoms with Crippen LogP contribution in [0.15, 0.2) is 24.3 Å². The first-order chi connectivity index (χ1) is 23.0. The Kier molecular flexibility index (Phi) is 22.7. The quantitative estimate of drug-likeness (QED) is 0.0480. The number of benzene rings is 1. The topological polar surface area (TPSA) is 240 Å². The largest absolute Gasteiger partial charge is 0.494 e. The van der Waals surface area contributed by atoms with Crippen LogP contribution in [0.5, 0.6) is 5.75 Å². The van der Waals surface area contributed by atoms with Crippen LogP contribution in [0.1, 0.15) is 113 Å². The number of ether oxygens (including phenoxy) is 1. The molecule has 14 heteroatoms. The molecule has 9 N–H and O–H groups in total. The smallest absolute Gasteiger partial charge is 0.335 e. The Labute approximate surface area is 283 Å². The number of hydrogen-bond acceptors (Lipinski definition) is 9. The van der Waals surface area contributed by atoms with Gasteiger partial charge in [-0.15, -0.1) is 0 Å². The van der Waals surface area contributed by atoms with Gasteiger partial charge >= 0.3 is 11.9 Å². The molecule has 0 spiro atoms. The molecule has 0 aliphatic rings. The van der Waals surface area contributed by atoms with E-state index in [1.807, 2.05) is 0 Å². The van der Waals surface area contributed by atoms with Crippen LogP contribution in [0.4, 0.5) is 0 Å². The van der Waals surface area contributed by atoms with Crippen molar-refractivity contribution in [3.8, 4) is 5.75 Å². The summed E-state index contributed by atoms with van der Waals surface area (Å²) in [6.07, 6.45) is 10.8. The van der Waals surface area contributed by atoms with E-state index >= 15 is 0 Å². The third-order valence-corrected chi connectivity index (χ3v) is 7.73. The maximum atomic E-state index is 12.3. The van der Waals surface area contributed by atoms with Crippen LogP contribution in [-0.4, -0.2) is 84.0 Å². The van der Waals surface area contributed by atoms with Gasteiger partial charge in [-0.05, 0) is 76.0 Å². The molecule has 3 amide bonds. The van der Waals surface area contributed by atoms with E-state index in [2.05, 4.69) is 16.0 Å². The van der Waals surface area contributed by atoms with Crippen LogP contribution < -0.4 is 32.2 Å². The minimum atomic E-state index is -1.19. The highest BCUT2D eigenvalue weighted by Gasteiger charge is 2.21. The van der Waals surface area contributed by atoms with Crippen molar-refractivity contribution in [1.29, 1.82) is 0 Å². The number of nitrogens with one attached hydrogen (secondary N) is 3. The predicted molar refractivity (Wildman–Crippen MR) is 180 cm³/mol. The molecule has 0 radical (unpaired) electrons. The highest BCUT2D eigenvalue weighted by molar-refractivity contribution is 5.88. The Hall–Kier alpha value is -4.04. The van der Waals surface area contributed by atoms with Crippen molar-refractivity contribution in [3.05, 3.63) is 29.8 Å². The molecule has 0 unspecified atom stereocenters. The van der Waals surface area contributed by atoms with Gasteiger partial charge in [0.1, 0.15) is 18.1 Å². The van der Waals surface area contributed by atoms with Crippen molar-refractivity contribution in [2.45, 2.75) is 121 Å². The average molecular weight is 678 g/mol. The zero-order valence-electron chi connectivity index (χ0n) is 28.0. The van der Waals surface area contributed by atoms with Crippen LogP contribution in [0.25, 0.3) is 0 Å². The molecule has 0 saturated carbocycles. The maximum absolute atomic E-state index is 12.3. The normalized spacial score (nSPS) is 12.7. The van der Waals surface area contributed by atoms with E-state index in [1.165, 1.54) is 12.1 Å². The minimum absolute atomic E-state index is 0.0201. The number of carboxylic acid groups (broad SMARTS) is 2. The second kappa shape index (κ2) is 26.0. The van der Waals surface area contributed by atoms with Crippen LogP contribution in [0.2, 0.25) is 0 Å². The van der Waals surface area contributed by atoms with Crippen molar-refractivity contribution in [2.75, 3.05) is 19.7 Å². The molecule has 270 valence electrons. The zero-order chi connectivity index (χ0) is 35.6. The van der Waals surface area contributed by atoms with Gasteiger partial charge in [0.2, 0.25) is 17.7 Å². The average Bonchev–Trinajstić information content (AvgIpc) is 3.06. The Morgan fingerprint density at radius 3 is 2.06 bits per heavy atom. The lowest BCUT2D eigenvalue weighted by Crippen LogP contribution is -2.41. The Morgan fingerprint density at radius 2 is 1.40 bits per heavy atom. The summed E-state index contributed by atoms with van der Waals surface area (Å²) in [5, 5.41) is 26.5. The summed E-state index contributed by atoms with van der Waals surface area (Å²) in [6.45, 7) is 1.34. The van der Waals surface area contributed by atoms with Crippen molar-refractivity contribution >= 4 is 35.9 Å². The monoisotopic (exact) mass is 677 g/mol. The second-order valence-electron chi connectivity index (χ2n) is 11.9. The summed E-state index contributed by atoms with van der Waals surface area (Å²) >= 11 is 0. The lowest BCUT2D eigenvalue weighted by atomic mass is 10.1. The molecule has 0 heterocycles. The van der Waals surface area contributed by atoms with Crippen LogP contribution in [0, 0.1) is 0 Å². The number of rotatable bonds is 29. The fraction of sp³-hybridized carbons (Fsp3) is 0.647. The van der Waals surface area contributed by atoms with Gasteiger partial charge in [0.05, 0.1) is 24.3 Å². The fourth-order valence-electron chi connectivity index (χ4n) is 4.83. The number of aldehydes is 1. The number of nitrogens with two attached hydrogens (primary N) is 2. The van der Waals surface area contributed by atoms with Crippen molar-refractivity contribution < 1.29 is 43.7 Å². The summed E-state index contributed by atoms with van der Waals surface area (Å²) in [5.74, 6) is -2.56. The highest BCUT2D eigenvalue weighted by atomic mass is 16.5. The number of carboxylic acids is 2. The molecule has 0 bridgehead atoms. The van der Waals surface area contributed by atoms with Gasteiger partial charge in [-0.1, -0.05) is 38.2 Å². The Bertz CT molecular complexity index is 1130. The standard InChI is InChI=1S/C34H55N5O9/c35-26(24-40)14-7-9-21-38-32(43)28(36)16-8-10-20-37-30(41)19-18-29(34(46)47)39-31(42)17-6-4-2-1-3-5-11-22-48-27-15-12-13-25(23-27)33(44)45/h12-13,15,23-24,26,28-29H,1-11,14,16-22,35-36H2,(H,37,41)(H,38,43)(H,39,42)(H,44,45)(H,46,47)/t26-,28-,29-/m0/s1. The van der Waals surface area contributed by atoms with Crippen LogP contribution in [-0.2, 0) is 24.0 Å². The molecule has 0 fully saturated rings. The van der Waals surface area contributed by atoms with E-state index < -0.39 is 30.1 Å². The zero-order valence-corrected chi connectivity index (χ0v) is 28.0. The molecular weight excluding hydrogens is 622 g/mol. The van der Waals surface area contributed by atoms with Gasteiger partial charge < -0.3 is 47.2 Å². The van der Waals surface area contributed by atoms with Gasteiger partial charge in [-0.25, -0.2) is 9.59 Å². The molecule has 14 nitrogen and oxygen atoms in total. The second-order valence-corrected chi connectivity index (χ2v) is 11.9. The number of carbonyl (C=O) groups is 6. The third kappa shape index (κ3) is 21.0. The number of hydrogen-bond donors (Lipinski definition) is 7. The summed E-state index contributed by atoms with van der Waals surface area (Å²) in [6, 6.07) is 4.12. The number of aliphatic carboxylic acids is 1. The molecule has 1 rings (SSSR count). The van der Waals surface area contributed by atoms with Crippen LogP contribution >= 0.6 is 0 Å². The lowest BCUT2D eigenvalue weighted by molar-refractivity contribution is -0.142. The number of aromatic carboxylic acids is 1. The molecule has 0 aliphatic carbocycles. The first-order valence-corrected chi connectivity index (χ1v) is 17.0. The molecule has 0 saturated heterocycles. The number of carbonyl (C=O) groups excluding carboxylic acids is 4. The highest BCUT2D eigenvalue weighted by Crippen LogP contribution is 2.15.